The highest BCUT2D eigenvalue weighted by atomic mass is 14.6. The van der Waals surface area contributed by atoms with Gasteiger partial charge in [-0.25, -0.2) is 0 Å². The Bertz CT molecular complexity index is 610. The third-order valence-corrected chi connectivity index (χ3v) is 10.2. The Morgan fingerprint density at radius 3 is 1.12 bits per heavy atom. The lowest BCUT2D eigenvalue weighted by Crippen LogP contribution is -2.49. The van der Waals surface area contributed by atoms with Gasteiger partial charge in [0, 0.05) is 0 Å². The monoisotopic (exact) mass is 346 g/mol. The molecule has 0 aliphatic heterocycles. The van der Waals surface area contributed by atoms with Crippen molar-refractivity contribution in [2.45, 2.75) is 87.9 Å². The summed E-state index contributed by atoms with van der Waals surface area (Å²) in [7, 11) is 0. The summed E-state index contributed by atoms with van der Waals surface area (Å²) in [5, 5.41) is 0. The smallest absolute Gasteiger partial charge is 0.00390 e. The van der Waals surface area contributed by atoms with Gasteiger partial charge in [0.05, 0.1) is 0 Å². The van der Waals surface area contributed by atoms with Crippen LogP contribution >= 0.6 is 0 Å². The fourth-order valence-corrected chi connectivity index (χ4v) is 10.1. The molecule has 8 aliphatic rings. The van der Waals surface area contributed by atoms with Gasteiger partial charge in [-0.1, -0.05) is 24.3 Å². The third-order valence-electron chi connectivity index (χ3n) is 10.2. The zero-order chi connectivity index (χ0) is 16.9. The molecule has 0 spiro atoms. The quantitative estimate of drug-likeness (QED) is 0.564. The zero-order valence-electron chi connectivity index (χ0n) is 16.3. The Morgan fingerprint density at radius 1 is 0.500 bits per heavy atom. The maximum Gasteiger partial charge on any atom is -0.00390 e. The average molecular weight is 347 g/mol. The van der Waals surface area contributed by atoms with Gasteiger partial charge in [0.25, 0.3) is 0 Å². The van der Waals surface area contributed by atoms with Crippen LogP contribution in [0.5, 0.6) is 0 Å². The first-order valence-corrected chi connectivity index (χ1v) is 11.8. The molecule has 8 bridgehead atoms. The molecule has 0 heterocycles. The van der Waals surface area contributed by atoms with E-state index in [4.69, 9.17) is 0 Å². The predicted octanol–water partition coefficient (Wildman–Crippen LogP) is 6.62. The first-order valence-electron chi connectivity index (χ1n) is 11.8. The second kappa shape index (κ2) is 4.98. The molecule has 0 aromatic heterocycles. The first-order chi connectivity index (χ1) is 12.7. The zero-order valence-corrected chi connectivity index (χ0v) is 16.3. The van der Waals surface area contributed by atoms with E-state index in [1.54, 1.807) is 49.7 Å². The van der Waals surface area contributed by atoms with Crippen LogP contribution in [0.15, 0.2) is 24.3 Å². The molecule has 0 nitrogen and oxygen atoms in total. The van der Waals surface area contributed by atoms with Gasteiger partial charge in [0.2, 0.25) is 0 Å². The topological polar surface area (TPSA) is 0 Å². The third kappa shape index (κ3) is 2.03. The summed E-state index contributed by atoms with van der Waals surface area (Å²) < 4.78 is 0. The summed E-state index contributed by atoms with van der Waals surface area (Å²) in [5.74, 6) is 6.36. The van der Waals surface area contributed by atoms with E-state index in [9.17, 15) is 0 Å². The molecule has 8 fully saturated rings. The van der Waals surface area contributed by atoms with E-state index in [-0.39, 0.29) is 0 Å². The lowest BCUT2D eigenvalue weighted by molar-refractivity contribution is -0.00836. The molecule has 1 aromatic carbocycles. The van der Waals surface area contributed by atoms with E-state index in [1.165, 1.54) is 38.5 Å². The summed E-state index contributed by atoms with van der Waals surface area (Å²) in [5.41, 5.74) is 4.69. The minimum atomic E-state index is 0.576. The Balaban J connectivity index is 1.28. The molecular weight excluding hydrogens is 312 g/mol. The van der Waals surface area contributed by atoms with Crippen LogP contribution in [0.25, 0.3) is 0 Å². The molecule has 0 N–H and O–H groups in total. The first kappa shape index (κ1) is 15.2. The van der Waals surface area contributed by atoms with Gasteiger partial charge >= 0.3 is 0 Å². The molecule has 8 aliphatic carbocycles. The second-order valence-corrected chi connectivity index (χ2v) is 12.0. The highest BCUT2D eigenvalue weighted by molar-refractivity contribution is 5.38. The van der Waals surface area contributed by atoms with Crippen LogP contribution in [0.2, 0.25) is 0 Å². The lowest BCUT2D eigenvalue weighted by atomic mass is 9.46. The van der Waals surface area contributed by atoms with Crippen LogP contribution in [0.1, 0.15) is 88.2 Å². The van der Waals surface area contributed by atoms with Crippen LogP contribution in [0, 0.1) is 35.5 Å². The maximum absolute atomic E-state index is 2.76. The number of hydrogen-bond donors (Lipinski definition) is 0. The van der Waals surface area contributed by atoms with E-state index < -0.39 is 0 Å². The fourth-order valence-electron chi connectivity index (χ4n) is 10.1. The van der Waals surface area contributed by atoms with Crippen molar-refractivity contribution in [1.82, 2.24) is 0 Å². The van der Waals surface area contributed by atoms with E-state index in [0.717, 1.165) is 35.5 Å². The van der Waals surface area contributed by atoms with Crippen LogP contribution in [0.3, 0.4) is 0 Å². The average Bonchev–Trinajstić information content (AvgIpc) is 2.60. The predicted molar refractivity (Wildman–Crippen MR) is 106 cm³/mol. The lowest BCUT2D eigenvalue weighted by Gasteiger charge is -2.58. The van der Waals surface area contributed by atoms with Gasteiger partial charge in [-0.15, -0.1) is 0 Å². The molecular formula is C26H34. The summed E-state index contributed by atoms with van der Waals surface area (Å²) >= 11 is 0. The van der Waals surface area contributed by atoms with E-state index in [2.05, 4.69) is 24.3 Å². The van der Waals surface area contributed by atoms with Crippen LogP contribution in [-0.2, 0) is 10.8 Å². The van der Waals surface area contributed by atoms with Gasteiger partial charge in [-0.05, 0) is 135 Å². The molecule has 0 radical (unpaired) electrons. The molecule has 0 saturated heterocycles. The largest absolute Gasteiger partial charge is 0.0617 e. The molecule has 0 amide bonds. The Kier molecular flexibility index (Phi) is 2.91. The van der Waals surface area contributed by atoms with E-state index >= 15 is 0 Å². The van der Waals surface area contributed by atoms with Crippen molar-refractivity contribution in [3.63, 3.8) is 0 Å². The standard InChI is InChI=1S/C26H34/c1-2-23(25-11-17-4-18(12-25)6-19(5-17)13-25)10-24(3-1)26-14-20-7-21(15-26)9-22(8-20)16-26/h1-3,10,17-22H,4-9,11-16H2. The molecule has 138 valence electrons. The van der Waals surface area contributed by atoms with Crippen molar-refractivity contribution >= 4 is 0 Å². The fraction of sp³-hybridized carbons (Fsp3) is 0.769. The van der Waals surface area contributed by atoms with Crippen LogP contribution in [-0.4, -0.2) is 0 Å². The minimum Gasteiger partial charge on any atom is -0.0617 e. The maximum atomic E-state index is 2.76. The van der Waals surface area contributed by atoms with Gasteiger partial charge in [-0.2, -0.15) is 0 Å². The van der Waals surface area contributed by atoms with Gasteiger partial charge in [0.15, 0.2) is 0 Å². The van der Waals surface area contributed by atoms with Crippen molar-refractivity contribution in [2.24, 2.45) is 35.5 Å². The SMILES string of the molecule is c1cc(C23CC4CC(CC(C4)C2)C3)cc(C23CC4CC(CC(C4)C2)C3)c1. The number of benzene rings is 1. The van der Waals surface area contributed by atoms with Crippen molar-refractivity contribution < 1.29 is 0 Å². The molecule has 0 heteroatoms. The van der Waals surface area contributed by atoms with Gasteiger partial charge < -0.3 is 0 Å². The second-order valence-electron chi connectivity index (χ2n) is 12.0. The van der Waals surface area contributed by atoms with Gasteiger partial charge in [0.1, 0.15) is 0 Å². The van der Waals surface area contributed by atoms with Gasteiger partial charge in [-0.3, -0.25) is 0 Å². The summed E-state index contributed by atoms with van der Waals surface area (Å²) in [6.45, 7) is 0. The van der Waals surface area contributed by atoms with Crippen LogP contribution < -0.4 is 0 Å². The summed E-state index contributed by atoms with van der Waals surface area (Å²) in [4.78, 5) is 0. The Labute approximate surface area is 159 Å². The summed E-state index contributed by atoms with van der Waals surface area (Å²) in [6, 6.07) is 10.3. The Hall–Kier alpha value is -0.780. The molecule has 0 unspecified atom stereocenters. The highest BCUT2D eigenvalue weighted by Gasteiger charge is 2.54. The van der Waals surface area contributed by atoms with Crippen molar-refractivity contribution in [1.29, 1.82) is 0 Å². The molecule has 26 heavy (non-hydrogen) atoms. The molecule has 1 aromatic rings. The highest BCUT2D eigenvalue weighted by Crippen LogP contribution is 2.63. The molecule has 0 atom stereocenters. The van der Waals surface area contributed by atoms with Crippen molar-refractivity contribution in [2.75, 3.05) is 0 Å². The van der Waals surface area contributed by atoms with Crippen LogP contribution in [0.4, 0.5) is 0 Å². The molecule has 9 rings (SSSR count). The van der Waals surface area contributed by atoms with E-state index in [1.807, 2.05) is 0 Å². The minimum absolute atomic E-state index is 0.576. The van der Waals surface area contributed by atoms with Crippen molar-refractivity contribution in [3.05, 3.63) is 35.4 Å². The number of hydrogen-bond acceptors (Lipinski definition) is 0. The number of rotatable bonds is 2. The summed E-state index contributed by atoms with van der Waals surface area (Å²) in [6.07, 6.45) is 18.5. The van der Waals surface area contributed by atoms with Crippen molar-refractivity contribution in [3.8, 4) is 0 Å². The Morgan fingerprint density at radius 2 is 0.808 bits per heavy atom. The normalized spacial score (nSPS) is 53.4. The molecule has 8 saturated carbocycles. The van der Waals surface area contributed by atoms with E-state index in [0.29, 0.717) is 10.8 Å².